The van der Waals surface area contributed by atoms with Crippen LogP contribution in [0.4, 0.5) is 10.5 Å². The summed E-state index contributed by atoms with van der Waals surface area (Å²) in [6, 6.07) is 4.41. The van der Waals surface area contributed by atoms with Gasteiger partial charge in [-0.3, -0.25) is 10.1 Å². The zero-order valence-electron chi connectivity index (χ0n) is 16.2. The van der Waals surface area contributed by atoms with Crippen LogP contribution in [0.2, 0.25) is 0 Å². The molecule has 0 aliphatic rings. The molecule has 0 spiro atoms. The number of nitro benzene ring substituents is 1. The molecule has 150 valence electrons. The van der Waals surface area contributed by atoms with Gasteiger partial charge in [-0.15, -0.1) is 0 Å². The van der Waals surface area contributed by atoms with Crippen molar-refractivity contribution in [2.75, 3.05) is 20.2 Å². The second-order valence-electron chi connectivity index (χ2n) is 6.91. The molecule has 0 fully saturated rings. The number of esters is 1. The van der Waals surface area contributed by atoms with E-state index in [0.717, 1.165) is 12.8 Å². The van der Waals surface area contributed by atoms with Crippen molar-refractivity contribution in [2.24, 2.45) is 0 Å². The van der Waals surface area contributed by atoms with Crippen LogP contribution in [0.1, 0.15) is 49.5 Å². The lowest BCUT2D eigenvalue weighted by Crippen LogP contribution is -2.33. The predicted octanol–water partition coefficient (Wildman–Crippen LogP) is 2.78. The van der Waals surface area contributed by atoms with E-state index in [2.05, 4.69) is 15.4 Å². The van der Waals surface area contributed by atoms with Crippen molar-refractivity contribution in [1.29, 1.82) is 0 Å². The van der Waals surface area contributed by atoms with E-state index in [1.54, 1.807) is 26.8 Å². The largest absolute Gasteiger partial charge is 0.465 e. The number of hydrogen-bond acceptors (Lipinski definition) is 7. The standard InChI is InChI=1S/C18H27N3O6/c1-18(2,3)27-17(23)20-10-6-5-9-19-12-13-7-8-14(16(22)26-4)15(11-13)21(24)25/h7-8,11,19H,5-6,9-10,12H2,1-4H3,(H,20,23). The molecule has 0 heterocycles. The van der Waals surface area contributed by atoms with Gasteiger partial charge in [-0.1, -0.05) is 6.07 Å². The van der Waals surface area contributed by atoms with E-state index in [9.17, 15) is 19.7 Å². The third-order valence-corrected chi connectivity index (χ3v) is 3.44. The molecular weight excluding hydrogens is 354 g/mol. The van der Waals surface area contributed by atoms with E-state index in [0.29, 0.717) is 25.2 Å². The first-order chi connectivity index (χ1) is 12.6. The minimum absolute atomic E-state index is 0.0699. The van der Waals surface area contributed by atoms with Gasteiger partial charge in [0, 0.05) is 19.2 Å². The summed E-state index contributed by atoms with van der Waals surface area (Å²) in [7, 11) is 1.18. The minimum atomic E-state index is -0.737. The number of benzene rings is 1. The summed E-state index contributed by atoms with van der Waals surface area (Å²) in [4.78, 5) is 33.6. The van der Waals surface area contributed by atoms with Gasteiger partial charge in [0.25, 0.3) is 5.69 Å². The number of methoxy groups -OCH3 is 1. The van der Waals surface area contributed by atoms with Gasteiger partial charge < -0.3 is 20.1 Å². The first-order valence-corrected chi connectivity index (χ1v) is 8.67. The number of ether oxygens (including phenoxy) is 2. The molecule has 2 N–H and O–H groups in total. The minimum Gasteiger partial charge on any atom is -0.465 e. The number of carbonyl (C=O) groups is 2. The number of nitro groups is 1. The molecule has 9 nitrogen and oxygen atoms in total. The maximum atomic E-state index is 11.6. The highest BCUT2D eigenvalue weighted by Gasteiger charge is 2.21. The maximum absolute atomic E-state index is 11.6. The Morgan fingerprint density at radius 1 is 1.19 bits per heavy atom. The molecule has 0 saturated carbocycles. The molecule has 9 heteroatoms. The van der Waals surface area contributed by atoms with E-state index < -0.39 is 22.6 Å². The van der Waals surface area contributed by atoms with Crippen molar-refractivity contribution in [1.82, 2.24) is 10.6 Å². The second kappa shape index (κ2) is 10.5. The summed E-state index contributed by atoms with van der Waals surface area (Å²) in [5, 5.41) is 17.0. The molecule has 1 aromatic carbocycles. The van der Waals surface area contributed by atoms with E-state index in [1.807, 2.05) is 0 Å². The van der Waals surface area contributed by atoms with Crippen LogP contribution in [0.15, 0.2) is 18.2 Å². The molecule has 0 aliphatic heterocycles. The Morgan fingerprint density at radius 3 is 2.44 bits per heavy atom. The van der Waals surface area contributed by atoms with Gasteiger partial charge in [0.15, 0.2) is 0 Å². The molecule has 0 radical (unpaired) electrons. The Bertz CT molecular complexity index is 670. The van der Waals surface area contributed by atoms with E-state index >= 15 is 0 Å². The van der Waals surface area contributed by atoms with Crippen molar-refractivity contribution >= 4 is 17.7 Å². The Balaban J connectivity index is 2.34. The fraction of sp³-hybridized carbons (Fsp3) is 0.556. The molecule has 27 heavy (non-hydrogen) atoms. The van der Waals surface area contributed by atoms with E-state index in [4.69, 9.17) is 4.74 Å². The molecule has 0 bridgehead atoms. The van der Waals surface area contributed by atoms with Crippen LogP contribution in [0.25, 0.3) is 0 Å². The Labute approximate surface area is 158 Å². The number of nitrogens with one attached hydrogen (secondary N) is 2. The van der Waals surface area contributed by atoms with Crippen molar-refractivity contribution in [3.8, 4) is 0 Å². The summed E-state index contributed by atoms with van der Waals surface area (Å²) < 4.78 is 9.68. The molecule has 1 aromatic rings. The van der Waals surface area contributed by atoms with Crippen LogP contribution >= 0.6 is 0 Å². The summed E-state index contributed by atoms with van der Waals surface area (Å²) in [6.07, 6.45) is 1.15. The Hall–Kier alpha value is -2.68. The smallest absolute Gasteiger partial charge is 0.407 e. The number of alkyl carbamates (subject to hydrolysis) is 1. The van der Waals surface area contributed by atoms with Crippen molar-refractivity contribution < 1.29 is 24.0 Å². The summed E-state index contributed by atoms with van der Waals surface area (Å²) in [5.41, 5.74) is -0.166. The first kappa shape index (κ1) is 22.4. The summed E-state index contributed by atoms with van der Waals surface area (Å²) >= 11 is 0. The molecule has 0 unspecified atom stereocenters. The molecule has 0 aromatic heterocycles. The molecule has 0 atom stereocenters. The van der Waals surface area contributed by atoms with Gasteiger partial charge in [-0.05, 0) is 51.8 Å². The quantitative estimate of drug-likeness (QED) is 0.292. The normalized spacial score (nSPS) is 11.0. The number of rotatable bonds is 9. The molecule has 1 rings (SSSR count). The van der Waals surface area contributed by atoms with Crippen LogP contribution in [0.3, 0.4) is 0 Å². The van der Waals surface area contributed by atoms with Gasteiger partial charge in [0.2, 0.25) is 0 Å². The predicted molar refractivity (Wildman–Crippen MR) is 99.6 cm³/mol. The topological polar surface area (TPSA) is 120 Å². The van der Waals surface area contributed by atoms with E-state index in [-0.39, 0.29) is 11.3 Å². The van der Waals surface area contributed by atoms with Gasteiger partial charge >= 0.3 is 12.1 Å². The number of carbonyl (C=O) groups excluding carboxylic acids is 2. The first-order valence-electron chi connectivity index (χ1n) is 8.67. The molecular formula is C18H27N3O6. The van der Waals surface area contributed by atoms with Crippen molar-refractivity contribution in [3.63, 3.8) is 0 Å². The van der Waals surface area contributed by atoms with Gasteiger partial charge in [-0.25, -0.2) is 9.59 Å². The molecule has 0 saturated heterocycles. The number of unbranched alkanes of at least 4 members (excludes halogenated alkanes) is 1. The highest BCUT2D eigenvalue weighted by molar-refractivity contribution is 5.93. The lowest BCUT2D eigenvalue weighted by Gasteiger charge is -2.19. The van der Waals surface area contributed by atoms with Crippen LogP contribution in [-0.4, -0.2) is 42.8 Å². The van der Waals surface area contributed by atoms with Crippen molar-refractivity contribution in [3.05, 3.63) is 39.4 Å². The average molecular weight is 381 g/mol. The third-order valence-electron chi connectivity index (χ3n) is 3.44. The molecule has 0 aliphatic carbocycles. The van der Waals surface area contributed by atoms with Crippen LogP contribution in [0.5, 0.6) is 0 Å². The second-order valence-corrected chi connectivity index (χ2v) is 6.91. The van der Waals surface area contributed by atoms with Gasteiger partial charge in [0.05, 0.1) is 12.0 Å². The lowest BCUT2D eigenvalue weighted by molar-refractivity contribution is -0.385. The fourth-order valence-corrected chi connectivity index (χ4v) is 2.23. The Kier molecular flexibility index (Phi) is 8.67. The highest BCUT2D eigenvalue weighted by Crippen LogP contribution is 2.21. The van der Waals surface area contributed by atoms with Crippen LogP contribution in [-0.2, 0) is 16.0 Å². The number of amides is 1. The molecule has 1 amide bonds. The summed E-state index contributed by atoms with van der Waals surface area (Å²) in [5.74, 6) is -0.737. The van der Waals surface area contributed by atoms with Gasteiger partial charge in [0.1, 0.15) is 11.2 Å². The zero-order chi connectivity index (χ0) is 20.4. The number of hydrogen-bond donors (Lipinski definition) is 2. The average Bonchev–Trinajstić information content (AvgIpc) is 2.58. The summed E-state index contributed by atoms with van der Waals surface area (Å²) in [6.45, 7) is 7.04. The van der Waals surface area contributed by atoms with Crippen LogP contribution < -0.4 is 10.6 Å². The van der Waals surface area contributed by atoms with Crippen molar-refractivity contribution in [2.45, 2.75) is 45.8 Å². The Morgan fingerprint density at radius 2 is 1.85 bits per heavy atom. The lowest BCUT2D eigenvalue weighted by atomic mass is 10.1. The maximum Gasteiger partial charge on any atom is 0.407 e. The highest BCUT2D eigenvalue weighted by atomic mass is 16.6. The van der Waals surface area contributed by atoms with Crippen LogP contribution in [0, 0.1) is 10.1 Å². The SMILES string of the molecule is COC(=O)c1ccc(CNCCCCNC(=O)OC(C)(C)C)cc1[N+](=O)[O-]. The zero-order valence-corrected chi connectivity index (χ0v) is 16.2. The third kappa shape index (κ3) is 8.50. The monoisotopic (exact) mass is 381 g/mol. The number of nitrogens with zero attached hydrogens (tertiary/aromatic N) is 1. The van der Waals surface area contributed by atoms with E-state index in [1.165, 1.54) is 19.2 Å². The van der Waals surface area contributed by atoms with Gasteiger partial charge in [-0.2, -0.15) is 0 Å². The fourth-order valence-electron chi connectivity index (χ4n) is 2.23.